The summed E-state index contributed by atoms with van der Waals surface area (Å²) in [4.78, 5) is 0. The molecule has 134 valence electrons. The topological polar surface area (TPSA) is 20.2 Å². The molecule has 2 heteroatoms. The second-order valence-electron chi connectivity index (χ2n) is 8.37. The molecule has 1 N–H and O–H groups in total. The molecule has 0 amide bonds. The van der Waals surface area contributed by atoms with Crippen LogP contribution >= 0.6 is 0 Å². The van der Waals surface area contributed by atoms with Gasteiger partial charge in [0.2, 0.25) is 0 Å². The third-order valence-corrected chi connectivity index (χ3v) is 13.1. The highest BCUT2D eigenvalue weighted by molar-refractivity contribution is 6.91. The van der Waals surface area contributed by atoms with Gasteiger partial charge in [-0.25, -0.2) is 0 Å². The minimum absolute atomic E-state index is 0.0531. The van der Waals surface area contributed by atoms with Gasteiger partial charge in [-0.2, -0.15) is 0 Å². The molecule has 3 atom stereocenters. The molecule has 0 spiro atoms. The lowest BCUT2D eigenvalue weighted by Gasteiger charge is -2.62. The van der Waals surface area contributed by atoms with Crippen LogP contribution < -0.4 is 5.19 Å². The highest BCUT2D eigenvalue weighted by Crippen LogP contribution is 2.61. The van der Waals surface area contributed by atoms with E-state index in [1.54, 1.807) is 5.19 Å². The molecule has 0 aromatic heterocycles. The maximum atomic E-state index is 10.9. The highest BCUT2D eigenvalue weighted by atomic mass is 28.3. The SMILES string of the molecule is CC[Si](CC)(CC1(C)C(O)CC1(C)c1ccccc1)c1ccccc1. The number of aliphatic hydroxyl groups is 1. The second kappa shape index (κ2) is 6.73. The van der Waals surface area contributed by atoms with Gasteiger partial charge in [0.05, 0.1) is 14.2 Å². The van der Waals surface area contributed by atoms with Crippen molar-refractivity contribution in [3.63, 3.8) is 0 Å². The summed E-state index contributed by atoms with van der Waals surface area (Å²) in [6, 6.07) is 25.6. The molecule has 3 unspecified atom stereocenters. The quantitative estimate of drug-likeness (QED) is 0.716. The summed E-state index contributed by atoms with van der Waals surface area (Å²) in [5, 5.41) is 12.4. The van der Waals surface area contributed by atoms with Crippen molar-refractivity contribution in [2.45, 2.75) is 63.8 Å². The van der Waals surface area contributed by atoms with Crippen LogP contribution in [0.5, 0.6) is 0 Å². The number of hydrogen-bond donors (Lipinski definition) is 1. The lowest BCUT2D eigenvalue weighted by molar-refractivity contribution is -0.115. The van der Waals surface area contributed by atoms with Gasteiger partial charge in [-0.05, 0) is 18.0 Å². The first-order valence-corrected chi connectivity index (χ1v) is 12.3. The lowest BCUT2D eigenvalue weighted by Crippen LogP contribution is -2.65. The fourth-order valence-corrected chi connectivity index (χ4v) is 10.1. The summed E-state index contributed by atoms with van der Waals surface area (Å²) in [6.07, 6.45) is 0.673. The Bertz CT molecular complexity index is 695. The normalized spacial score (nSPS) is 29.2. The van der Waals surface area contributed by atoms with Crippen molar-refractivity contribution in [1.82, 2.24) is 0 Å². The van der Waals surface area contributed by atoms with Crippen LogP contribution in [0.1, 0.15) is 39.7 Å². The number of hydrogen-bond acceptors (Lipinski definition) is 1. The molecule has 0 bridgehead atoms. The molecular weight excluding hydrogens is 320 g/mol. The maximum absolute atomic E-state index is 10.9. The van der Waals surface area contributed by atoms with E-state index in [1.807, 2.05) is 0 Å². The first-order chi connectivity index (χ1) is 11.9. The van der Waals surface area contributed by atoms with Crippen LogP contribution in [0.15, 0.2) is 60.7 Å². The van der Waals surface area contributed by atoms with Crippen molar-refractivity contribution in [2.24, 2.45) is 5.41 Å². The van der Waals surface area contributed by atoms with E-state index in [0.29, 0.717) is 0 Å². The van der Waals surface area contributed by atoms with Crippen LogP contribution in [-0.4, -0.2) is 19.3 Å². The largest absolute Gasteiger partial charge is 0.393 e. The number of rotatable bonds is 6. The average Bonchev–Trinajstić information content (AvgIpc) is 2.67. The van der Waals surface area contributed by atoms with Gasteiger partial charge in [0.1, 0.15) is 0 Å². The first kappa shape index (κ1) is 18.4. The highest BCUT2D eigenvalue weighted by Gasteiger charge is 2.62. The standard InChI is InChI=1S/C23H32OSi/c1-5-25(6-2,20-15-11-8-12-16-20)18-23(4)21(24)17-22(23,3)19-13-9-7-10-14-19/h7-16,21,24H,5-6,17-18H2,1-4H3. The molecule has 1 fully saturated rings. The third-order valence-electron chi connectivity index (χ3n) is 7.45. The van der Waals surface area contributed by atoms with Crippen molar-refractivity contribution in [3.05, 3.63) is 66.2 Å². The average molecular weight is 353 g/mol. The summed E-state index contributed by atoms with van der Waals surface area (Å²) in [5.74, 6) is 0. The third kappa shape index (κ3) is 2.80. The zero-order chi connectivity index (χ0) is 18.1. The minimum atomic E-state index is -1.65. The minimum Gasteiger partial charge on any atom is -0.393 e. The maximum Gasteiger partial charge on any atom is 0.0868 e. The fraction of sp³-hybridized carbons (Fsp3) is 0.478. The van der Waals surface area contributed by atoms with Gasteiger partial charge in [-0.15, -0.1) is 0 Å². The zero-order valence-electron chi connectivity index (χ0n) is 16.1. The Morgan fingerprint density at radius 2 is 1.44 bits per heavy atom. The second-order valence-corrected chi connectivity index (χ2v) is 13.3. The Morgan fingerprint density at radius 3 is 1.92 bits per heavy atom. The smallest absolute Gasteiger partial charge is 0.0868 e. The van der Waals surface area contributed by atoms with Crippen molar-refractivity contribution >= 4 is 13.3 Å². The number of aliphatic hydroxyl groups excluding tert-OH is 1. The van der Waals surface area contributed by atoms with Crippen molar-refractivity contribution < 1.29 is 5.11 Å². The van der Waals surface area contributed by atoms with E-state index in [1.165, 1.54) is 17.7 Å². The Balaban J connectivity index is 2.01. The molecule has 0 radical (unpaired) electrons. The molecule has 1 saturated carbocycles. The van der Waals surface area contributed by atoms with E-state index in [2.05, 4.69) is 88.4 Å². The van der Waals surface area contributed by atoms with Gasteiger partial charge < -0.3 is 5.11 Å². The molecular formula is C23H32OSi. The van der Waals surface area contributed by atoms with E-state index >= 15 is 0 Å². The molecule has 1 aliphatic carbocycles. The molecule has 2 aromatic rings. The molecule has 1 aliphatic rings. The van der Waals surface area contributed by atoms with Crippen molar-refractivity contribution in [1.29, 1.82) is 0 Å². The van der Waals surface area contributed by atoms with E-state index < -0.39 is 8.07 Å². The summed E-state index contributed by atoms with van der Waals surface area (Å²) in [7, 11) is -1.65. The van der Waals surface area contributed by atoms with Crippen LogP contribution in [0.25, 0.3) is 0 Å². The molecule has 0 heterocycles. The molecule has 3 rings (SSSR count). The van der Waals surface area contributed by atoms with E-state index in [0.717, 1.165) is 12.5 Å². The monoisotopic (exact) mass is 352 g/mol. The van der Waals surface area contributed by atoms with Crippen LogP contribution in [0.3, 0.4) is 0 Å². The van der Waals surface area contributed by atoms with Crippen LogP contribution in [0, 0.1) is 5.41 Å². The summed E-state index contributed by atoms with van der Waals surface area (Å²) >= 11 is 0. The summed E-state index contributed by atoms with van der Waals surface area (Å²) in [6.45, 7) is 9.42. The van der Waals surface area contributed by atoms with Crippen molar-refractivity contribution in [3.8, 4) is 0 Å². The first-order valence-electron chi connectivity index (χ1n) is 9.71. The van der Waals surface area contributed by atoms with Gasteiger partial charge in [-0.3, -0.25) is 0 Å². The molecule has 1 nitrogen and oxygen atoms in total. The zero-order valence-corrected chi connectivity index (χ0v) is 17.1. The molecule has 0 saturated heterocycles. The Hall–Kier alpha value is -1.38. The molecule has 0 aliphatic heterocycles. The fourth-order valence-electron chi connectivity index (χ4n) is 5.15. The van der Waals surface area contributed by atoms with Gasteiger partial charge in [0.15, 0.2) is 0 Å². The van der Waals surface area contributed by atoms with Crippen molar-refractivity contribution in [2.75, 3.05) is 0 Å². The Morgan fingerprint density at radius 1 is 0.920 bits per heavy atom. The van der Waals surface area contributed by atoms with E-state index in [-0.39, 0.29) is 16.9 Å². The Labute approximate surface area is 154 Å². The van der Waals surface area contributed by atoms with Crippen LogP contribution in [-0.2, 0) is 5.41 Å². The van der Waals surface area contributed by atoms with E-state index in [9.17, 15) is 5.11 Å². The van der Waals surface area contributed by atoms with Crippen LogP contribution in [0.4, 0.5) is 0 Å². The molecule has 2 aromatic carbocycles. The van der Waals surface area contributed by atoms with Gasteiger partial charge in [0.25, 0.3) is 0 Å². The van der Waals surface area contributed by atoms with Gasteiger partial charge >= 0.3 is 0 Å². The van der Waals surface area contributed by atoms with E-state index in [4.69, 9.17) is 0 Å². The van der Waals surface area contributed by atoms with Gasteiger partial charge in [-0.1, -0.05) is 106 Å². The van der Waals surface area contributed by atoms with Gasteiger partial charge in [0, 0.05) is 10.8 Å². The predicted molar refractivity (Wildman–Crippen MR) is 110 cm³/mol. The summed E-state index contributed by atoms with van der Waals surface area (Å²) < 4.78 is 0. The lowest BCUT2D eigenvalue weighted by atomic mass is 9.47. The number of benzene rings is 2. The predicted octanol–water partition coefficient (Wildman–Crippen LogP) is 5.11. The summed E-state index contributed by atoms with van der Waals surface area (Å²) in [5.41, 5.74) is 1.39. The van der Waals surface area contributed by atoms with Crippen LogP contribution in [0.2, 0.25) is 18.1 Å². The Kier molecular flexibility index (Phi) is 4.96. The molecule has 25 heavy (non-hydrogen) atoms.